The number of nitrogens with one attached hydrogen (secondary N) is 1. The van der Waals surface area contributed by atoms with Gasteiger partial charge in [-0.2, -0.15) is 0 Å². The molecule has 1 aliphatic rings. The molecule has 7 heteroatoms. The van der Waals surface area contributed by atoms with Crippen molar-refractivity contribution >= 4 is 23.0 Å². The summed E-state index contributed by atoms with van der Waals surface area (Å²) in [4.78, 5) is 21.7. The number of hydrogen-bond donors (Lipinski definition) is 1. The molecular weight excluding hydrogens is 342 g/mol. The van der Waals surface area contributed by atoms with E-state index >= 15 is 0 Å². The number of aromatic nitrogens is 2. The average molecular weight is 361 g/mol. The Morgan fingerprint density at radius 1 is 1.07 bits per heavy atom. The number of rotatable bonds is 6. The third kappa shape index (κ3) is 3.44. The van der Waals surface area contributed by atoms with Crippen LogP contribution in [-0.2, 0) is 12.8 Å². The van der Waals surface area contributed by atoms with Gasteiger partial charge in [-0.1, -0.05) is 48.5 Å². The van der Waals surface area contributed by atoms with E-state index in [9.17, 15) is 10.1 Å². The minimum Gasteiger partial charge on any atom is -0.364 e. The van der Waals surface area contributed by atoms with Gasteiger partial charge in [-0.15, -0.1) is 0 Å². The third-order valence-electron chi connectivity index (χ3n) is 4.68. The van der Waals surface area contributed by atoms with E-state index in [1.807, 2.05) is 59.5 Å². The normalized spacial score (nSPS) is 12.7. The van der Waals surface area contributed by atoms with Gasteiger partial charge in [-0.05, 0) is 30.0 Å². The summed E-state index contributed by atoms with van der Waals surface area (Å²) in [5.41, 5.74) is 3.22. The Bertz CT molecular complexity index is 962. The van der Waals surface area contributed by atoms with Gasteiger partial charge in [0.25, 0.3) is 0 Å². The van der Waals surface area contributed by atoms with E-state index in [1.54, 1.807) is 0 Å². The first-order valence-electron chi connectivity index (χ1n) is 8.86. The van der Waals surface area contributed by atoms with Gasteiger partial charge < -0.3 is 10.2 Å². The Morgan fingerprint density at radius 3 is 2.67 bits per heavy atom. The predicted molar refractivity (Wildman–Crippen MR) is 104 cm³/mol. The average Bonchev–Trinajstić information content (AvgIpc) is 3.12. The maximum absolute atomic E-state index is 11.8. The molecule has 27 heavy (non-hydrogen) atoms. The maximum atomic E-state index is 11.8. The molecule has 0 atom stereocenters. The van der Waals surface area contributed by atoms with Crippen LogP contribution >= 0.6 is 0 Å². The second-order valence-corrected chi connectivity index (χ2v) is 6.34. The van der Waals surface area contributed by atoms with Crippen LogP contribution in [-0.4, -0.2) is 28.0 Å². The molecule has 136 valence electrons. The smallest absolute Gasteiger partial charge is 0.353 e. The van der Waals surface area contributed by atoms with Crippen molar-refractivity contribution < 1.29 is 4.92 Å². The van der Waals surface area contributed by atoms with Crippen LogP contribution in [0.1, 0.15) is 11.1 Å². The van der Waals surface area contributed by atoms with Gasteiger partial charge in [0.1, 0.15) is 6.33 Å². The molecule has 3 aromatic rings. The van der Waals surface area contributed by atoms with E-state index in [0.29, 0.717) is 18.9 Å². The van der Waals surface area contributed by atoms with Crippen molar-refractivity contribution in [1.29, 1.82) is 0 Å². The number of nitro groups is 1. The maximum Gasteiger partial charge on any atom is 0.353 e. The van der Waals surface area contributed by atoms with E-state index < -0.39 is 4.92 Å². The zero-order chi connectivity index (χ0) is 18.6. The van der Waals surface area contributed by atoms with Crippen LogP contribution in [0.25, 0.3) is 0 Å². The Morgan fingerprint density at radius 2 is 1.85 bits per heavy atom. The number of anilines is 3. The van der Waals surface area contributed by atoms with Crippen molar-refractivity contribution in [2.24, 2.45) is 0 Å². The Kier molecular flexibility index (Phi) is 4.65. The van der Waals surface area contributed by atoms with E-state index in [2.05, 4.69) is 15.3 Å². The molecule has 0 amide bonds. The molecule has 0 saturated carbocycles. The first-order chi connectivity index (χ1) is 13.2. The second-order valence-electron chi connectivity index (χ2n) is 6.34. The standard InChI is InChI=1S/C20H19N5O2/c26-25(27)18-19(21-12-10-15-6-2-1-3-7-15)22-14-23-20(18)24-13-11-16-8-4-5-9-17(16)24/h1-9,14H,10-13H2,(H,21,22,23). The fourth-order valence-electron chi connectivity index (χ4n) is 3.39. The molecule has 1 aromatic heterocycles. The molecule has 2 aromatic carbocycles. The van der Waals surface area contributed by atoms with Crippen molar-refractivity contribution in [1.82, 2.24) is 9.97 Å². The lowest BCUT2D eigenvalue weighted by molar-refractivity contribution is -0.383. The van der Waals surface area contributed by atoms with Crippen molar-refractivity contribution in [3.05, 3.63) is 82.2 Å². The van der Waals surface area contributed by atoms with Crippen LogP contribution in [0.2, 0.25) is 0 Å². The Labute approximate surface area is 156 Å². The summed E-state index contributed by atoms with van der Waals surface area (Å²) in [6, 6.07) is 17.9. The van der Waals surface area contributed by atoms with Crippen molar-refractivity contribution in [3.63, 3.8) is 0 Å². The van der Waals surface area contributed by atoms with Crippen molar-refractivity contribution in [2.45, 2.75) is 12.8 Å². The molecule has 0 spiro atoms. The molecule has 0 fully saturated rings. The minimum absolute atomic E-state index is 0.0812. The molecule has 1 N–H and O–H groups in total. The van der Waals surface area contributed by atoms with E-state index in [0.717, 1.165) is 24.1 Å². The lowest BCUT2D eigenvalue weighted by Crippen LogP contribution is -2.18. The van der Waals surface area contributed by atoms with Crippen LogP contribution in [0, 0.1) is 10.1 Å². The Balaban J connectivity index is 1.60. The molecule has 0 unspecified atom stereocenters. The van der Waals surface area contributed by atoms with E-state index in [1.165, 1.54) is 11.9 Å². The van der Waals surface area contributed by atoms with E-state index in [4.69, 9.17) is 0 Å². The van der Waals surface area contributed by atoms with E-state index in [-0.39, 0.29) is 11.5 Å². The summed E-state index contributed by atoms with van der Waals surface area (Å²) in [7, 11) is 0. The molecule has 0 aliphatic carbocycles. The first kappa shape index (κ1) is 17.0. The van der Waals surface area contributed by atoms with Crippen molar-refractivity contribution in [3.8, 4) is 0 Å². The number of fused-ring (bicyclic) bond motifs is 1. The molecule has 0 bridgehead atoms. The summed E-state index contributed by atoms with van der Waals surface area (Å²) in [6.45, 7) is 1.22. The second kappa shape index (κ2) is 7.41. The third-order valence-corrected chi connectivity index (χ3v) is 4.68. The molecule has 1 aliphatic heterocycles. The molecule has 0 saturated heterocycles. The lowest BCUT2D eigenvalue weighted by atomic mass is 10.1. The summed E-state index contributed by atoms with van der Waals surface area (Å²) < 4.78 is 0. The minimum atomic E-state index is -0.402. The van der Waals surface area contributed by atoms with Gasteiger partial charge in [-0.3, -0.25) is 10.1 Å². The fraction of sp³-hybridized carbons (Fsp3) is 0.200. The lowest BCUT2D eigenvalue weighted by Gasteiger charge is -2.19. The number of para-hydroxylation sites is 1. The summed E-state index contributed by atoms with van der Waals surface area (Å²) in [5, 5.41) is 14.9. The van der Waals surface area contributed by atoms with Crippen LogP contribution in [0.5, 0.6) is 0 Å². The number of benzene rings is 2. The van der Waals surface area contributed by atoms with Gasteiger partial charge in [0.2, 0.25) is 11.6 Å². The predicted octanol–water partition coefficient (Wildman–Crippen LogP) is 3.73. The SMILES string of the molecule is O=[N+]([O-])c1c(NCCc2ccccc2)ncnc1N1CCc2ccccc21. The zero-order valence-corrected chi connectivity index (χ0v) is 14.7. The molecule has 4 rings (SSSR count). The van der Waals surface area contributed by atoms with Crippen LogP contribution in [0.3, 0.4) is 0 Å². The summed E-state index contributed by atoms with van der Waals surface area (Å²) >= 11 is 0. The number of nitrogens with zero attached hydrogens (tertiary/aromatic N) is 4. The van der Waals surface area contributed by atoms with Gasteiger partial charge in [-0.25, -0.2) is 9.97 Å². The van der Waals surface area contributed by atoms with Crippen molar-refractivity contribution in [2.75, 3.05) is 23.3 Å². The largest absolute Gasteiger partial charge is 0.364 e. The highest BCUT2D eigenvalue weighted by molar-refractivity contribution is 5.78. The highest BCUT2D eigenvalue weighted by Gasteiger charge is 2.31. The van der Waals surface area contributed by atoms with Gasteiger partial charge >= 0.3 is 5.69 Å². The molecule has 7 nitrogen and oxygen atoms in total. The highest BCUT2D eigenvalue weighted by Crippen LogP contribution is 2.39. The molecular formula is C20H19N5O2. The van der Waals surface area contributed by atoms with Gasteiger partial charge in [0, 0.05) is 18.8 Å². The Hall–Kier alpha value is -3.48. The fourth-order valence-corrected chi connectivity index (χ4v) is 3.39. The highest BCUT2D eigenvalue weighted by atomic mass is 16.6. The first-order valence-corrected chi connectivity index (χ1v) is 8.86. The monoisotopic (exact) mass is 361 g/mol. The van der Waals surface area contributed by atoms with Crippen LogP contribution in [0.15, 0.2) is 60.9 Å². The summed E-state index contributed by atoms with van der Waals surface area (Å²) in [5.74, 6) is 0.590. The zero-order valence-electron chi connectivity index (χ0n) is 14.7. The quantitative estimate of drug-likeness (QED) is 0.532. The molecule has 0 radical (unpaired) electrons. The van der Waals surface area contributed by atoms with Gasteiger partial charge in [0.05, 0.1) is 4.92 Å². The van der Waals surface area contributed by atoms with Crippen LogP contribution in [0.4, 0.5) is 23.0 Å². The topological polar surface area (TPSA) is 84.2 Å². The molecule has 2 heterocycles. The van der Waals surface area contributed by atoms with Crippen LogP contribution < -0.4 is 10.2 Å². The van der Waals surface area contributed by atoms with Gasteiger partial charge in [0.15, 0.2) is 0 Å². The summed E-state index contributed by atoms with van der Waals surface area (Å²) in [6.07, 6.45) is 2.98. The number of hydrogen-bond acceptors (Lipinski definition) is 6.